The minimum Gasteiger partial charge on any atom is -0.497 e. The van der Waals surface area contributed by atoms with Crippen LogP contribution in [0.3, 0.4) is 0 Å². The van der Waals surface area contributed by atoms with Gasteiger partial charge < -0.3 is 9.47 Å². The molecule has 1 rings (SSSR count). The molecule has 0 atom stereocenters. The number of hydrogen-bond acceptors (Lipinski definition) is 2. The van der Waals surface area contributed by atoms with Gasteiger partial charge in [-0.05, 0) is 31.2 Å². The summed E-state index contributed by atoms with van der Waals surface area (Å²) in [5.41, 5.74) is 0. The van der Waals surface area contributed by atoms with Crippen LogP contribution in [-0.4, -0.2) is 7.11 Å². The van der Waals surface area contributed by atoms with Gasteiger partial charge in [0.1, 0.15) is 11.5 Å². The molecule has 1 aromatic rings. The summed E-state index contributed by atoms with van der Waals surface area (Å²) in [6, 6.07) is 7.37. The van der Waals surface area contributed by atoms with Gasteiger partial charge in [0.2, 0.25) is 0 Å². The molecule has 0 heterocycles. The predicted molar refractivity (Wildman–Crippen MR) is 48.4 cm³/mol. The van der Waals surface area contributed by atoms with E-state index in [0.717, 1.165) is 11.5 Å². The molecular weight excluding hydrogens is 152 g/mol. The van der Waals surface area contributed by atoms with Crippen molar-refractivity contribution < 1.29 is 9.47 Å². The maximum Gasteiger partial charge on any atom is 0.127 e. The Balaban J connectivity index is 2.71. The van der Waals surface area contributed by atoms with Crippen molar-refractivity contribution in [1.29, 1.82) is 0 Å². The summed E-state index contributed by atoms with van der Waals surface area (Å²) in [5, 5.41) is 0. The van der Waals surface area contributed by atoms with Gasteiger partial charge in [-0.15, -0.1) is 0 Å². The largest absolute Gasteiger partial charge is 0.497 e. The maximum absolute atomic E-state index is 5.26. The SMILES string of the molecule is C=C(C)Oc1ccc(OC)cc1. The summed E-state index contributed by atoms with van der Waals surface area (Å²) >= 11 is 0. The van der Waals surface area contributed by atoms with Crippen LogP contribution in [0.25, 0.3) is 0 Å². The Labute approximate surface area is 72.4 Å². The lowest BCUT2D eigenvalue weighted by molar-refractivity contribution is 0.408. The highest BCUT2D eigenvalue weighted by molar-refractivity contribution is 5.31. The van der Waals surface area contributed by atoms with Crippen molar-refractivity contribution in [3.63, 3.8) is 0 Å². The minimum atomic E-state index is 0.681. The number of hydrogen-bond donors (Lipinski definition) is 0. The minimum absolute atomic E-state index is 0.681. The van der Waals surface area contributed by atoms with Gasteiger partial charge in [0, 0.05) is 0 Å². The molecule has 0 unspecified atom stereocenters. The Hall–Kier alpha value is -1.44. The average Bonchev–Trinajstić information content (AvgIpc) is 2.05. The van der Waals surface area contributed by atoms with E-state index in [1.165, 1.54) is 0 Å². The van der Waals surface area contributed by atoms with E-state index in [9.17, 15) is 0 Å². The van der Waals surface area contributed by atoms with Crippen LogP contribution in [0.15, 0.2) is 36.6 Å². The van der Waals surface area contributed by atoms with E-state index in [2.05, 4.69) is 6.58 Å². The van der Waals surface area contributed by atoms with Crippen LogP contribution in [0.4, 0.5) is 0 Å². The molecule has 0 saturated carbocycles. The normalized spacial score (nSPS) is 9.17. The maximum atomic E-state index is 5.26. The van der Waals surface area contributed by atoms with E-state index >= 15 is 0 Å². The van der Waals surface area contributed by atoms with Crippen LogP contribution >= 0.6 is 0 Å². The molecule has 0 amide bonds. The zero-order valence-corrected chi connectivity index (χ0v) is 7.33. The summed E-state index contributed by atoms with van der Waals surface area (Å²) < 4.78 is 10.3. The molecule has 2 heteroatoms. The highest BCUT2D eigenvalue weighted by atomic mass is 16.5. The van der Waals surface area contributed by atoms with E-state index < -0.39 is 0 Å². The fraction of sp³-hybridized carbons (Fsp3) is 0.200. The van der Waals surface area contributed by atoms with Crippen molar-refractivity contribution in [3.05, 3.63) is 36.6 Å². The number of rotatable bonds is 3. The second kappa shape index (κ2) is 3.81. The summed E-state index contributed by atoms with van der Waals surface area (Å²) in [4.78, 5) is 0. The molecule has 64 valence electrons. The lowest BCUT2D eigenvalue weighted by Crippen LogP contribution is -1.88. The number of ether oxygens (including phenoxy) is 2. The molecule has 1 aromatic carbocycles. The quantitative estimate of drug-likeness (QED) is 0.639. The van der Waals surface area contributed by atoms with E-state index in [0.29, 0.717) is 5.76 Å². The molecule has 0 aromatic heterocycles. The summed E-state index contributed by atoms with van der Waals surface area (Å²) in [5.74, 6) is 2.28. The summed E-state index contributed by atoms with van der Waals surface area (Å²) in [6.07, 6.45) is 0. The van der Waals surface area contributed by atoms with Crippen LogP contribution in [0.5, 0.6) is 11.5 Å². The van der Waals surface area contributed by atoms with Crippen molar-refractivity contribution in [1.82, 2.24) is 0 Å². The standard InChI is InChI=1S/C10H12O2/c1-8(2)12-10-6-4-9(11-3)5-7-10/h4-7H,1H2,2-3H3. The molecule has 0 bridgehead atoms. The molecular formula is C10H12O2. The Kier molecular flexibility index (Phi) is 2.75. The van der Waals surface area contributed by atoms with E-state index in [4.69, 9.17) is 9.47 Å². The molecule has 2 nitrogen and oxygen atoms in total. The van der Waals surface area contributed by atoms with Gasteiger partial charge >= 0.3 is 0 Å². The Morgan fingerprint density at radius 3 is 2.08 bits per heavy atom. The Morgan fingerprint density at radius 2 is 1.67 bits per heavy atom. The number of methoxy groups -OCH3 is 1. The highest BCUT2D eigenvalue weighted by Gasteiger charge is 1.93. The Bertz CT molecular complexity index is 262. The van der Waals surface area contributed by atoms with Gasteiger partial charge in [0.05, 0.1) is 12.9 Å². The van der Waals surface area contributed by atoms with Gasteiger partial charge in [0.25, 0.3) is 0 Å². The molecule has 0 N–H and O–H groups in total. The van der Waals surface area contributed by atoms with E-state index in [-0.39, 0.29) is 0 Å². The zero-order chi connectivity index (χ0) is 8.97. The topological polar surface area (TPSA) is 18.5 Å². The second-order valence-corrected chi connectivity index (χ2v) is 2.48. The van der Waals surface area contributed by atoms with Crippen LogP contribution in [0.1, 0.15) is 6.92 Å². The molecule has 0 fully saturated rings. The second-order valence-electron chi connectivity index (χ2n) is 2.48. The van der Waals surface area contributed by atoms with Gasteiger partial charge in [-0.2, -0.15) is 0 Å². The van der Waals surface area contributed by atoms with Gasteiger partial charge in [-0.25, -0.2) is 0 Å². The molecule has 0 aliphatic carbocycles. The van der Waals surface area contributed by atoms with Crippen molar-refractivity contribution in [2.75, 3.05) is 7.11 Å². The van der Waals surface area contributed by atoms with Crippen LogP contribution in [0.2, 0.25) is 0 Å². The Morgan fingerprint density at radius 1 is 1.17 bits per heavy atom. The molecule has 0 spiro atoms. The van der Waals surface area contributed by atoms with Crippen molar-refractivity contribution in [2.24, 2.45) is 0 Å². The first-order valence-corrected chi connectivity index (χ1v) is 3.70. The summed E-state index contributed by atoms with van der Waals surface area (Å²) in [7, 11) is 1.63. The van der Waals surface area contributed by atoms with E-state index in [1.54, 1.807) is 7.11 Å². The number of allylic oxidation sites excluding steroid dienone is 1. The van der Waals surface area contributed by atoms with Crippen molar-refractivity contribution >= 4 is 0 Å². The monoisotopic (exact) mass is 164 g/mol. The highest BCUT2D eigenvalue weighted by Crippen LogP contribution is 2.18. The van der Waals surface area contributed by atoms with Gasteiger partial charge in [0.15, 0.2) is 0 Å². The third-order valence-electron chi connectivity index (χ3n) is 1.35. The van der Waals surface area contributed by atoms with Crippen LogP contribution in [0, 0.1) is 0 Å². The zero-order valence-electron chi connectivity index (χ0n) is 7.33. The first-order chi connectivity index (χ1) is 5.72. The fourth-order valence-electron chi connectivity index (χ4n) is 0.845. The average molecular weight is 164 g/mol. The molecule has 12 heavy (non-hydrogen) atoms. The lowest BCUT2D eigenvalue weighted by atomic mass is 10.3. The smallest absolute Gasteiger partial charge is 0.127 e. The fourth-order valence-corrected chi connectivity index (χ4v) is 0.845. The van der Waals surface area contributed by atoms with Crippen LogP contribution < -0.4 is 9.47 Å². The van der Waals surface area contributed by atoms with Gasteiger partial charge in [-0.1, -0.05) is 6.58 Å². The van der Waals surface area contributed by atoms with Crippen molar-refractivity contribution in [3.8, 4) is 11.5 Å². The molecule has 0 aliphatic heterocycles. The third kappa shape index (κ3) is 2.31. The third-order valence-corrected chi connectivity index (χ3v) is 1.35. The molecule has 0 aliphatic rings. The lowest BCUT2D eigenvalue weighted by Gasteiger charge is -2.04. The first kappa shape index (κ1) is 8.65. The summed E-state index contributed by atoms with van der Waals surface area (Å²) in [6.45, 7) is 5.45. The predicted octanol–water partition coefficient (Wildman–Crippen LogP) is 2.61. The molecule has 0 saturated heterocycles. The van der Waals surface area contributed by atoms with Crippen LogP contribution in [-0.2, 0) is 0 Å². The first-order valence-electron chi connectivity index (χ1n) is 3.70. The molecule has 0 radical (unpaired) electrons. The van der Waals surface area contributed by atoms with E-state index in [1.807, 2.05) is 31.2 Å². The van der Waals surface area contributed by atoms with Crippen molar-refractivity contribution in [2.45, 2.75) is 6.92 Å². The number of benzene rings is 1. The van der Waals surface area contributed by atoms with Gasteiger partial charge in [-0.3, -0.25) is 0 Å².